The average molecular weight is 224 g/mol. The summed E-state index contributed by atoms with van der Waals surface area (Å²) in [5, 5.41) is 14.2. The second-order valence-corrected chi connectivity index (χ2v) is 2.75. The molecule has 1 rings (SSSR count). The lowest BCUT2D eigenvalue weighted by atomic mass is 10.2. The molecular weight excluding hydrogens is 217 g/mol. The third-order valence-corrected chi connectivity index (χ3v) is 1.49. The third-order valence-electron chi connectivity index (χ3n) is 1.49. The maximum atomic E-state index is 12.0. The molecule has 0 saturated carbocycles. The van der Waals surface area contributed by atoms with Crippen LogP contribution in [0.1, 0.15) is 24.6 Å². The van der Waals surface area contributed by atoms with Gasteiger partial charge in [-0.25, -0.2) is 0 Å². The van der Waals surface area contributed by atoms with Gasteiger partial charge in [0, 0.05) is 12.8 Å². The van der Waals surface area contributed by atoms with E-state index in [9.17, 15) is 18.0 Å². The molecular formula is C7H7F3N2O3. The van der Waals surface area contributed by atoms with E-state index in [2.05, 4.69) is 14.6 Å². The summed E-state index contributed by atoms with van der Waals surface area (Å²) in [7, 11) is 0. The van der Waals surface area contributed by atoms with Crippen molar-refractivity contribution in [2.45, 2.75) is 25.4 Å². The van der Waals surface area contributed by atoms with Crippen LogP contribution in [0.2, 0.25) is 0 Å². The number of carboxylic acid groups (broad SMARTS) is 1. The molecule has 1 N–H and O–H groups in total. The first-order valence-corrected chi connectivity index (χ1v) is 4.01. The molecule has 0 bridgehead atoms. The highest BCUT2D eigenvalue weighted by molar-refractivity contribution is 5.66. The summed E-state index contributed by atoms with van der Waals surface area (Å²) in [5.74, 6) is -2.64. The van der Waals surface area contributed by atoms with Crippen molar-refractivity contribution in [3.8, 4) is 0 Å². The van der Waals surface area contributed by atoms with Gasteiger partial charge in [0.1, 0.15) is 0 Å². The topological polar surface area (TPSA) is 76.2 Å². The first-order valence-electron chi connectivity index (χ1n) is 4.01. The molecule has 0 amide bonds. The molecule has 1 aromatic rings. The number of carbonyl (C=O) groups is 1. The SMILES string of the molecule is O=C(O)CCCc1nnc(C(F)(F)F)o1. The second-order valence-electron chi connectivity index (χ2n) is 2.75. The van der Waals surface area contributed by atoms with Crippen molar-refractivity contribution in [3.05, 3.63) is 11.8 Å². The Morgan fingerprint density at radius 1 is 1.40 bits per heavy atom. The van der Waals surface area contributed by atoms with Crippen LogP contribution in [0, 0.1) is 0 Å². The van der Waals surface area contributed by atoms with Gasteiger partial charge in [-0.05, 0) is 6.42 Å². The lowest BCUT2D eigenvalue weighted by Gasteiger charge is -1.97. The Labute approximate surface area is 81.9 Å². The van der Waals surface area contributed by atoms with Gasteiger partial charge in [0.15, 0.2) is 0 Å². The number of aliphatic carboxylic acids is 1. The smallest absolute Gasteiger partial charge is 0.470 e. The molecule has 0 fully saturated rings. The molecule has 0 saturated heterocycles. The van der Waals surface area contributed by atoms with Crippen LogP contribution in [-0.2, 0) is 17.4 Å². The van der Waals surface area contributed by atoms with Crippen LogP contribution >= 0.6 is 0 Å². The fourth-order valence-corrected chi connectivity index (χ4v) is 0.860. The van der Waals surface area contributed by atoms with Crippen molar-refractivity contribution >= 4 is 5.97 Å². The predicted octanol–water partition coefficient (Wildman–Crippen LogP) is 1.50. The van der Waals surface area contributed by atoms with Gasteiger partial charge >= 0.3 is 18.0 Å². The summed E-state index contributed by atoms with van der Waals surface area (Å²) in [6.07, 6.45) is -4.62. The minimum absolute atomic E-state index is 0.0232. The number of nitrogens with zero attached hydrogens (tertiary/aromatic N) is 2. The van der Waals surface area contributed by atoms with Gasteiger partial charge in [0.25, 0.3) is 0 Å². The van der Waals surface area contributed by atoms with E-state index in [0.29, 0.717) is 0 Å². The van der Waals surface area contributed by atoms with Crippen LogP contribution in [0.4, 0.5) is 13.2 Å². The molecule has 5 nitrogen and oxygen atoms in total. The van der Waals surface area contributed by atoms with Gasteiger partial charge in [-0.2, -0.15) is 13.2 Å². The van der Waals surface area contributed by atoms with Gasteiger partial charge in [0.2, 0.25) is 5.89 Å². The van der Waals surface area contributed by atoms with E-state index in [1.165, 1.54) is 0 Å². The Kier molecular flexibility index (Phi) is 3.28. The monoisotopic (exact) mass is 224 g/mol. The van der Waals surface area contributed by atoms with Gasteiger partial charge in [-0.15, -0.1) is 10.2 Å². The number of aromatic nitrogens is 2. The molecule has 8 heteroatoms. The maximum absolute atomic E-state index is 12.0. The van der Waals surface area contributed by atoms with Crippen molar-refractivity contribution in [1.29, 1.82) is 0 Å². The van der Waals surface area contributed by atoms with Gasteiger partial charge in [-0.1, -0.05) is 0 Å². The summed E-state index contributed by atoms with van der Waals surface area (Å²) in [4.78, 5) is 10.1. The van der Waals surface area contributed by atoms with Crippen LogP contribution in [-0.4, -0.2) is 21.3 Å². The lowest BCUT2D eigenvalue weighted by Crippen LogP contribution is -2.04. The number of halogens is 3. The molecule has 0 aliphatic heterocycles. The number of alkyl halides is 3. The Hall–Kier alpha value is -1.60. The van der Waals surface area contributed by atoms with E-state index in [1.54, 1.807) is 0 Å². The van der Waals surface area contributed by atoms with Crippen molar-refractivity contribution in [2.24, 2.45) is 0 Å². The molecule has 1 heterocycles. The largest absolute Gasteiger partial charge is 0.481 e. The minimum atomic E-state index is -4.65. The average Bonchev–Trinajstić information content (AvgIpc) is 2.51. The zero-order valence-corrected chi connectivity index (χ0v) is 7.41. The highest BCUT2D eigenvalue weighted by atomic mass is 19.4. The minimum Gasteiger partial charge on any atom is -0.481 e. The standard InChI is InChI=1S/C7H7F3N2O3/c8-7(9,10)6-12-11-4(15-6)2-1-3-5(13)14/h1-3H2,(H,13,14). The lowest BCUT2D eigenvalue weighted by molar-refractivity contribution is -0.157. The number of carboxylic acids is 1. The zero-order valence-electron chi connectivity index (χ0n) is 7.41. The molecule has 0 aromatic carbocycles. The predicted molar refractivity (Wildman–Crippen MR) is 39.9 cm³/mol. The molecule has 0 unspecified atom stereocenters. The molecule has 0 radical (unpaired) electrons. The highest BCUT2D eigenvalue weighted by Crippen LogP contribution is 2.27. The quantitative estimate of drug-likeness (QED) is 0.838. The number of rotatable bonds is 4. The first-order chi connectivity index (χ1) is 6.89. The van der Waals surface area contributed by atoms with E-state index in [1.807, 2.05) is 0 Å². The summed E-state index contributed by atoms with van der Waals surface area (Å²) in [6, 6.07) is 0. The van der Waals surface area contributed by atoms with E-state index in [-0.39, 0.29) is 25.2 Å². The molecule has 15 heavy (non-hydrogen) atoms. The van der Waals surface area contributed by atoms with Crippen molar-refractivity contribution in [2.75, 3.05) is 0 Å². The Bertz CT molecular complexity index is 347. The van der Waals surface area contributed by atoms with E-state index < -0.39 is 18.0 Å². The fourth-order valence-electron chi connectivity index (χ4n) is 0.860. The number of hydrogen-bond donors (Lipinski definition) is 1. The van der Waals surface area contributed by atoms with Gasteiger partial charge < -0.3 is 9.52 Å². The summed E-state index contributed by atoms with van der Waals surface area (Å²) < 4.78 is 40.2. The first kappa shape index (κ1) is 11.5. The van der Waals surface area contributed by atoms with Crippen LogP contribution in [0.3, 0.4) is 0 Å². The Morgan fingerprint density at radius 2 is 2.07 bits per heavy atom. The zero-order chi connectivity index (χ0) is 11.5. The van der Waals surface area contributed by atoms with Crippen LogP contribution < -0.4 is 0 Å². The normalized spacial score (nSPS) is 11.7. The summed E-state index contributed by atoms with van der Waals surface area (Å²) >= 11 is 0. The van der Waals surface area contributed by atoms with Gasteiger partial charge in [-0.3, -0.25) is 4.79 Å². The molecule has 0 aliphatic carbocycles. The maximum Gasteiger partial charge on any atom is 0.470 e. The Balaban J connectivity index is 2.50. The number of aryl methyl sites for hydroxylation is 1. The van der Waals surface area contributed by atoms with Crippen LogP contribution in [0.25, 0.3) is 0 Å². The highest BCUT2D eigenvalue weighted by Gasteiger charge is 2.37. The molecule has 0 aliphatic rings. The van der Waals surface area contributed by atoms with E-state index >= 15 is 0 Å². The molecule has 0 atom stereocenters. The second kappa shape index (κ2) is 4.28. The van der Waals surface area contributed by atoms with Gasteiger partial charge in [0.05, 0.1) is 0 Å². The van der Waals surface area contributed by atoms with Crippen molar-refractivity contribution < 1.29 is 27.5 Å². The van der Waals surface area contributed by atoms with Crippen molar-refractivity contribution in [3.63, 3.8) is 0 Å². The molecule has 84 valence electrons. The number of hydrogen-bond acceptors (Lipinski definition) is 4. The summed E-state index contributed by atoms with van der Waals surface area (Å²) in [6.45, 7) is 0. The Morgan fingerprint density at radius 3 is 2.53 bits per heavy atom. The van der Waals surface area contributed by atoms with Crippen LogP contribution in [0.5, 0.6) is 0 Å². The van der Waals surface area contributed by atoms with E-state index in [0.717, 1.165) is 0 Å². The van der Waals surface area contributed by atoms with Crippen LogP contribution in [0.15, 0.2) is 4.42 Å². The molecule has 0 spiro atoms. The fraction of sp³-hybridized carbons (Fsp3) is 0.571. The third kappa shape index (κ3) is 3.56. The summed E-state index contributed by atoms with van der Waals surface area (Å²) in [5.41, 5.74) is 0. The van der Waals surface area contributed by atoms with Crippen molar-refractivity contribution in [1.82, 2.24) is 10.2 Å². The van der Waals surface area contributed by atoms with E-state index in [4.69, 9.17) is 5.11 Å². The molecule has 1 aromatic heterocycles.